The van der Waals surface area contributed by atoms with Crippen molar-refractivity contribution in [1.82, 2.24) is 0 Å². The van der Waals surface area contributed by atoms with E-state index >= 15 is 0 Å². The molecule has 45 heavy (non-hydrogen) atoms. The molecule has 0 aliphatic carbocycles. The first-order chi connectivity index (χ1) is 21.6. The molecule has 0 aromatic heterocycles. The number of ether oxygens (including phenoxy) is 4. The Balaban J connectivity index is 1.35. The number of halogens is 1. The van der Waals surface area contributed by atoms with E-state index in [2.05, 4.69) is 26.8 Å². The van der Waals surface area contributed by atoms with Crippen LogP contribution in [0.1, 0.15) is 54.5 Å². The van der Waals surface area contributed by atoms with Crippen LogP contribution in [0.5, 0.6) is 23.0 Å². The van der Waals surface area contributed by atoms with Crippen molar-refractivity contribution in [2.75, 3.05) is 7.11 Å². The molecule has 1 atom stereocenters. The van der Waals surface area contributed by atoms with Crippen LogP contribution < -0.4 is 24.7 Å². The molecule has 0 saturated heterocycles. The number of esters is 1. The predicted molar refractivity (Wildman–Crippen MR) is 174 cm³/mol. The van der Waals surface area contributed by atoms with Gasteiger partial charge in [-0.2, -0.15) is 5.26 Å². The minimum absolute atomic E-state index is 0.0323. The molecule has 7 nitrogen and oxygen atoms in total. The molecule has 0 spiro atoms. The summed E-state index contributed by atoms with van der Waals surface area (Å²) in [5, 5.41) is 10.6. The van der Waals surface area contributed by atoms with Gasteiger partial charge in [0.25, 0.3) is 0 Å². The second kappa shape index (κ2) is 13.2. The van der Waals surface area contributed by atoms with Gasteiger partial charge in [-0.1, -0.05) is 87.0 Å². The maximum atomic E-state index is 12.6. The summed E-state index contributed by atoms with van der Waals surface area (Å²) in [5.41, 5.74) is 10.9. The van der Waals surface area contributed by atoms with Gasteiger partial charge in [-0.15, -0.1) is 0 Å². The number of carbonyl (C=O) groups excluding carboxylic acids is 1. The average molecular weight is 621 g/mol. The number of nitrogens with two attached hydrogens (primary N) is 1. The largest absolute Gasteiger partial charge is 0.493 e. The average Bonchev–Trinajstić information content (AvgIpc) is 3.02. The number of hydrogen-bond donors (Lipinski definition) is 1. The van der Waals surface area contributed by atoms with Gasteiger partial charge in [0.1, 0.15) is 29.7 Å². The molecule has 4 aromatic rings. The minimum Gasteiger partial charge on any atom is -0.493 e. The van der Waals surface area contributed by atoms with Crippen molar-refractivity contribution in [1.29, 1.82) is 5.26 Å². The fourth-order valence-corrected chi connectivity index (χ4v) is 5.20. The number of allylic oxidation sites excluding steroid dienone is 1. The zero-order valence-electron chi connectivity index (χ0n) is 25.5. The highest BCUT2D eigenvalue weighted by atomic mass is 35.5. The second-order valence-corrected chi connectivity index (χ2v) is 11.9. The summed E-state index contributed by atoms with van der Waals surface area (Å²) in [7, 11) is 1.55. The Morgan fingerprint density at radius 1 is 1.02 bits per heavy atom. The van der Waals surface area contributed by atoms with E-state index in [9.17, 15) is 10.1 Å². The van der Waals surface area contributed by atoms with Crippen LogP contribution in [0.2, 0.25) is 5.02 Å². The van der Waals surface area contributed by atoms with Gasteiger partial charge in [0.15, 0.2) is 11.5 Å². The van der Waals surface area contributed by atoms with Crippen LogP contribution in [0.15, 0.2) is 102 Å². The highest BCUT2D eigenvalue weighted by Gasteiger charge is 2.32. The fourth-order valence-electron chi connectivity index (χ4n) is 5.00. The smallest absolute Gasteiger partial charge is 0.336 e. The Hall–Kier alpha value is -5.19. The lowest BCUT2D eigenvalue weighted by Crippen LogP contribution is -2.21. The lowest BCUT2D eigenvalue weighted by Gasteiger charge is -2.27. The van der Waals surface area contributed by atoms with Crippen LogP contribution in [0.25, 0.3) is 6.08 Å². The van der Waals surface area contributed by atoms with Crippen molar-refractivity contribution in [2.45, 2.75) is 38.7 Å². The van der Waals surface area contributed by atoms with Crippen LogP contribution >= 0.6 is 11.6 Å². The molecule has 0 bridgehead atoms. The Labute approximate surface area is 268 Å². The molecule has 0 saturated carbocycles. The first-order valence-electron chi connectivity index (χ1n) is 14.3. The zero-order valence-corrected chi connectivity index (χ0v) is 26.2. The Bertz CT molecular complexity index is 1830. The number of carbonyl (C=O) groups is 1. The van der Waals surface area contributed by atoms with Crippen molar-refractivity contribution in [3.63, 3.8) is 0 Å². The quantitative estimate of drug-likeness (QED) is 0.121. The summed E-state index contributed by atoms with van der Waals surface area (Å²) < 4.78 is 23.0. The molecule has 1 heterocycles. The predicted octanol–water partition coefficient (Wildman–Crippen LogP) is 8.06. The summed E-state index contributed by atoms with van der Waals surface area (Å²) >= 11 is 6.28. The lowest BCUT2D eigenvalue weighted by molar-refractivity contribution is -0.128. The molecule has 0 fully saturated rings. The third kappa shape index (κ3) is 7.14. The van der Waals surface area contributed by atoms with Gasteiger partial charge < -0.3 is 24.7 Å². The molecule has 4 aromatic carbocycles. The molecule has 1 aliphatic rings. The number of benzene rings is 4. The molecule has 5 rings (SSSR count). The van der Waals surface area contributed by atoms with Crippen molar-refractivity contribution in [3.05, 3.63) is 135 Å². The van der Waals surface area contributed by atoms with Gasteiger partial charge in [-0.05, 0) is 52.4 Å². The number of fused-ring (bicyclic) bond motifs is 1. The number of hydrogen-bond acceptors (Lipinski definition) is 7. The molecule has 0 amide bonds. The maximum Gasteiger partial charge on any atom is 0.336 e. The molecule has 1 unspecified atom stereocenters. The van der Waals surface area contributed by atoms with E-state index in [1.54, 1.807) is 49.6 Å². The summed E-state index contributed by atoms with van der Waals surface area (Å²) in [5.74, 6) is 0.528. The number of methoxy groups -OCH3 is 1. The number of rotatable bonds is 8. The topological polar surface area (TPSA) is 104 Å². The van der Waals surface area contributed by atoms with E-state index in [1.165, 1.54) is 11.6 Å². The first kappa shape index (κ1) is 31.2. The molecular weight excluding hydrogens is 588 g/mol. The Kier molecular flexibility index (Phi) is 9.17. The molecule has 8 heteroatoms. The van der Waals surface area contributed by atoms with Crippen LogP contribution in [0.4, 0.5) is 0 Å². The van der Waals surface area contributed by atoms with Gasteiger partial charge >= 0.3 is 5.97 Å². The van der Waals surface area contributed by atoms with Crippen LogP contribution in [-0.4, -0.2) is 13.1 Å². The van der Waals surface area contributed by atoms with Crippen molar-refractivity contribution in [3.8, 4) is 29.1 Å². The number of nitriles is 1. The molecule has 1 aliphatic heterocycles. The van der Waals surface area contributed by atoms with Crippen LogP contribution in [0.3, 0.4) is 0 Å². The fraction of sp³-hybridized carbons (Fsp3) is 0.189. The summed E-state index contributed by atoms with van der Waals surface area (Å²) in [6, 6.07) is 28.1. The van der Waals surface area contributed by atoms with Crippen molar-refractivity contribution < 1.29 is 23.7 Å². The minimum atomic E-state index is -0.550. The monoisotopic (exact) mass is 620 g/mol. The zero-order chi connectivity index (χ0) is 32.1. The SMILES string of the molecule is COc1cc(C2C(C#N)=C(N)Oc3cc(OC(=O)/C=C/c4ccc(C(C)(C)C)cc4)ccc32)ccc1OCc1ccccc1Cl. The van der Waals surface area contributed by atoms with Gasteiger partial charge in [-0.3, -0.25) is 0 Å². The summed E-state index contributed by atoms with van der Waals surface area (Å²) in [6.07, 6.45) is 3.08. The van der Waals surface area contributed by atoms with Crippen LogP contribution in [0, 0.1) is 11.3 Å². The number of nitrogens with zero attached hydrogens (tertiary/aromatic N) is 1. The molecular formula is C37H33ClN2O5. The van der Waals surface area contributed by atoms with Gasteiger partial charge in [0.2, 0.25) is 5.88 Å². The summed E-state index contributed by atoms with van der Waals surface area (Å²) in [4.78, 5) is 12.6. The van der Waals surface area contributed by atoms with E-state index in [0.717, 1.165) is 16.7 Å². The first-order valence-corrected chi connectivity index (χ1v) is 14.7. The van der Waals surface area contributed by atoms with Crippen LogP contribution in [-0.2, 0) is 16.8 Å². The van der Waals surface area contributed by atoms with Crippen molar-refractivity contribution in [2.24, 2.45) is 5.73 Å². The highest BCUT2D eigenvalue weighted by molar-refractivity contribution is 6.31. The lowest BCUT2D eigenvalue weighted by atomic mass is 9.83. The highest BCUT2D eigenvalue weighted by Crippen LogP contribution is 2.45. The third-order valence-electron chi connectivity index (χ3n) is 7.46. The normalized spacial score (nSPS) is 14.4. The van der Waals surface area contributed by atoms with E-state index in [4.69, 9.17) is 36.3 Å². The third-order valence-corrected chi connectivity index (χ3v) is 7.83. The Morgan fingerprint density at radius 3 is 2.47 bits per heavy atom. The van der Waals surface area contributed by atoms with E-state index in [-0.39, 0.29) is 29.2 Å². The van der Waals surface area contributed by atoms with Gasteiger partial charge in [0.05, 0.1) is 13.0 Å². The van der Waals surface area contributed by atoms with Crippen molar-refractivity contribution >= 4 is 23.6 Å². The molecule has 0 radical (unpaired) electrons. The van der Waals surface area contributed by atoms with Gasteiger partial charge in [0, 0.05) is 28.3 Å². The summed E-state index contributed by atoms with van der Waals surface area (Å²) in [6.45, 7) is 6.70. The van der Waals surface area contributed by atoms with E-state index in [0.29, 0.717) is 27.8 Å². The second-order valence-electron chi connectivity index (χ2n) is 11.5. The maximum absolute atomic E-state index is 12.6. The molecule has 2 N–H and O–H groups in total. The van der Waals surface area contributed by atoms with E-state index in [1.807, 2.05) is 48.5 Å². The standard InChI is InChI=1S/C37H33ClN2O5/c1-37(2,3)26-13-9-23(10-14-26)11-18-34(41)44-27-15-16-28-32(20-27)45-36(40)29(21-39)35(28)24-12-17-31(33(19-24)42-4)43-22-25-7-5-6-8-30(25)38/h5-20,35H,22,40H2,1-4H3/b18-11+. The molecule has 228 valence electrons. The van der Waals surface area contributed by atoms with Gasteiger partial charge in [-0.25, -0.2) is 4.79 Å². The van der Waals surface area contributed by atoms with E-state index < -0.39 is 11.9 Å². The Morgan fingerprint density at radius 2 is 1.78 bits per heavy atom.